The Kier molecular flexibility index (Phi) is 13.5. The first-order valence-electron chi connectivity index (χ1n) is 6.09. The highest BCUT2D eigenvalue weighted by molar-refractivity contribution is 5.74. The van der Waals surface area contributed by atoms with E-state index in [1.807, 2.05) is 0 Å². The number of alkyl halides is 6. The maximum Gasteiger partial charge on any atom is 0.490 e. The van der Waals surface area contributed by atoms with Crippen molar-refractivity contribution in [2.45, 2.75) is 31.2 Å². The van der Waals surface area contributed by atoms with Crippen LogP contribution in [0.2, 0.25) is 0 Å². The van der Waals surface area contributed by atoms with Gasteiger partial charge in [-0.25, -0.2) is 9.59 Å². The van der Waals surface area contributed by atoms with Crippen LogP contribution >= 0.6 is 0 Å². The van der Waals surface area contributed by atoms with E-state index >= 15 is 0 Å². The second-order valence-electron chi connectivity index (χ2n) is 4.03. The number of rotatable bonds is 5. The number of hydrogen-bond donors (Lipinski definition) is 7. The van der Waals surface area contributed by atoms with E-state index in [-0.39, 0.29) is 5.96 Å². The average Bonchev–Trinajstić information content (AvgIpc) is 2.42. The Morgan fingerprint density at radius 3 is 1.46 bits per heavy atom. The molecule has 0 aromatic carbocycles. The predicted octanol–water partition coefficient (Wildman–Crippen LogP) is -0.0718. The van der Waals surface area contributed by atoms with Gasteiger partial charge in [0, 0.05) is 6.54 Å². The molecule has 9 N–H and O–H groups in total. The van der Waals surface area contributed by atoms with Crippen LogP contribution in [0.15, 0.2) is 0 Å². The number of hydrogen-bond acceptors (Lipinski definition) is 5. The van der Waals surface area contributed by atoms with E-state index in [2.05, 4.69) is 5.32 Å². The smallest absolute Gasteiger partial charge is 0.480 e. The quantitative estimate of drug-likeness (QED) is 0.142. The Bertz CT molecular complexity index is 458. The minimum absolute atomic E-state index is 0.112. The van der Waals surface area contributed by atoms with Gasteiger partial charge in [0.1, 0.15) is 6.04 Å². The monoisotopic (exact) mass is 402 g/mol. The first-order valence-corrected chi connectivity index (χ1v) is 6.09. The molecule has 0 rings (SSSR count). The van der Waals surface area contributed by atoms with Crippen LogP contribution in [0.5, 0.6) is 0 Å². The van der Waals surface area contributed by atoms with Crippen LogP contribution in [0.25, 0.3) is 0 Å². The third-order valence-corrected chi connectivity index (χ3v) is 1.81. The molecule has 0 aliphatic rings. The molecule has 154 valence electrons. The summed E-state index contributed by atoms with van der Waals surface area (Å²) in [6.45, 7) is 0.482. The van der Waals surface area contributed by atoms with Crippen molar-refractivity contribution in [2.24, 2.45) is 11.5 Å². The number of carboxylic acid groups (broad SMARTS) is 3. The molecule has 0 aromatic rings. The zero-order chi connectivity index (χ0) is 21.7. The Morgan fingerprint density at radius 2 is 1.27 bits per heavy atom. The molecular weight excluding hydrogens is 386 g/mol. The van der Waals surface area contributed by atoms with Gasteiger partial charge in [-0.15, -0.1) is 0 Å². The number of nitrogens with one attached hydrogen (secondary N) is 2. The van der Waals surface area contributed by atoms with Gasteiger partial charge in [0.2, 0.25) is 0 Å². The van der Waals surface area contributed by atoms with Gasteiger partial charge in [0.25, 0.3) is 0 Å². The minimum atomic E-state index is -5.08. The van der Waals surface area contributed by atoms with Crippen LogP contribution in [-0.2, 0) is 14.4 Å². The number of halogens is 6. The lowest BCUT2D eigenvalue weighted by Crippen LogP contribution is -2.34. The number of carbonyl (C=O) groups is 3. The molecule has 0 saturated carbocycles. The predicted molar refractivity (Wildman–Crippen MR) is 72.1 cm³/mol. The summed E-state index contributed by atoms with van der Waals surface area (Å²) >= 11 is 0. The molecule has 0 aromatic heterocycles. The second-order valence-corrected chi connectivity index (χ2v) is 4.03. The van der Waals surface area contributed by atoms with Crippen molar-refractivity contribution < 1.29 is 56.0 Å². The normalized spacial score (nSPS) is 11.7. The fourth-order valence-electron chi connectivity index (χ4n) is 0.669. The van der Waals surface area contributed by atoms with E-state index in [4.69, 9.17) is 41.8 Å². The molecule has 0 aliphatic carbocycles. The van der Waals surface area contributed by atoms with Gasteiger partial charge in [0.15, 0.2) is 5.96 Å². The Hall–Kier alpha value is -2.78. The zero-order valence-corrected chi connectivity index (χ0v) is 12.7. The molecule has 26 heavy (non-hydrogen) atoms. The summed E-state index contributed by atoms with van der Waals surface area (Å²) in [5.74, 6) is -6.63. The van der Waals surface area contributed by atoms with E-state index in [1.165, 1.54) is 0 Å². The van der Waals surface area contributed by atoms with Gasteiger partial charge >= 0.3 is 30.3 Å². The maximum atomic E-state index is 10.6. The number of guanidine groups is 1. The molecule has 0 bridgehead atoms. The first-order chi connectivity index (χ1) is 11.4. The van der Waals surface area contributed by atoms with Crippen LogP contribution < -0.4 is 16.8 Å². The molecule has 10 nitrogen and oxygen atoms in total. The zero-order valence-electron chi connectivity index (χ0n) is 12.7. The molecule has 0 radical (unpaired) electrons. The lowest BCUT2D eigenvalue weighted by molar-refractivity contribution is -0.193. The summed E-state index contributed by atoms with van der Waals surface area (Å²) in [5.41, 5.74) is 10.2. The fourth-order valence-corrected chi connectivity index (χ4v) is 0.669. The Morgan fingerprint density at radius 1 is 0.962 bits per heavy atom. The molecule has 1 atom stereocenters. The van der Waals surface area contributed by atoms with Crippen molar-refractivity contribution in [3.05, 3.63) is 0 Å². The summed E-state index contributed by atoms with van der Waals surface area (Å²) in [6.07, 6.45) is -9.19. The van der Waals surface area contributed by atoms with Gasteiger partial charge in [0.05, 0.1) is 0 Å². The van der Waals surface area contributed by atoms with Gasteiger partial charge < -0.3 is 32.1 Å². The highest BCUT2D eigenvalue weighted by Gasteiger charge is 2.38. The number of carboxylic acids is 3. The molecule has 0 amide bonds. The van der Waals surface area contributed by atoms with E-state index in [0.29, 0.717) is 19.4 Å². The van der Waals surface area contributed by atoms with Crippen LogP contribution in [0.3, 0.4) is 0 Å². The third-order valence-electron chi connectivity index (χ3n) is 1.81. The van der Waals surface area contributed by atoms with E-state index in [0.717, 1.165) is 0 Å². The highest BCUT2D eigenvalue weighted by atomic mass is 19.4. The average molecular weight is 402 g/mol. The Balaban J connectivity index is -0.000000326. The fraction of sp³-hybridized carbons (Fsp3) is 0.600. The largest absolute Gasteiger partial charge is 0.490 e. The SMILES string of the molecule is N=C(N)NCCC[C@H](N)C(=O)O.O=C(O)C(F)(F)F.O=C(O)C(F)(F)F. The second kappa shape index (κ2) is 12.6. The van der Waals surface area contributed by atoms with Gasteiger partial charge in [-0.2, -0.15) is 26.3 Å². The van der Waals surface area contributed by atoms with Crippen LogP contribution in [0, 0.1) is 5.41 Å². The molecular formula is C10H16F6N4O6. The summed E-state index contributed by atoms with van der Waals surface area (Å²) in [6, 6.07) is -0.821. The van der Waals surface area contributed by atoms with Crippen molar-refractivity contribution in [3.8, 4) is 0 Å². The number of nitrogens with two attached hydrogens (primary N) is 2. The van der Waals surface area contributed by atoms with Crippen LogP contribution in [0.4, 0.5) is 26.3 Å². The third kappa shape index (κ3) is 21.2. The molecule has 0 aliphatic heterocycles. The van der Waals surface area contributed by atoms with Gasteiger partial charge in [-0.3, -0.25) is 10.2 Å². The van der Waals surface area contributed by atoms with Crippen molar-refractivity contribution >= 4 is 23.9 Å². The molecule has 0 spiro atoms. The van der Waals surface area contributed by atoms with Crippen LogP contribution in [0.1, 0.15) is 12.8 Å². The summed E-state index contributed by atoms with van der Waals surface area (Å²) < 4.78 is 63.5. The number of aliphatic carboxylic acids is 3. The van der Waals surface area contributed by atoms with Gasteiger partial charge in [-0.1, -0.05) is 0 Å². The molecule has 16 heteroatoms. The van der Waals surface area contributed by atoms with Crippen molar-refractivity contribution in [3.63, 3.8) is 0 Å². The van der Waals surface area contributed by atoms with E-state index in [9.17, 15) is 31.1 Å². The molecule has 0 heterocycles. The lowest BCUT2D eigenvalue weighted by atomic mass is 10.2. The first kappa shape index (κ1) is 28.0. The van der Waals surface area contributed by atoms with E-state index in [1.54, 1.807) is 0 Å². The van der Waals surface area contributed by atoms with Gasteiger partial charge in [-0.05, 0) is 12.8 Å². The Labute approximate surface area is 141 Å². The summed E-state index contributed by atoms with van der Waals surface area (Å²) in [7, 11) is 0. The van der Waals surface area contributed by atoms with Crippen LogP contribution in [-0.4, -0.2) is 64.1 Å². The maximum absolute atomic E-state index is 10.6. The minimum Gasteiger partial charge on any atom is -0.480 e. The topological polar surface area (TPSA) is 200 Å². The van der Waals surface area contributed by atoms with Crippen molar-refractivity contribution in [2.75, 3.05) is 6.54 Å². The summed E-state index contributed by atoms with van der Waals surface area (Å²) in [5, 5.41) is 32.0. The standard InChI is InChI=1S/C6H14N4O2.2C2HF3O2/c7-4(5(11)12)2-1-3-10-6(8)9;2*3-2(4,5)1(6)7/h4H,1-3,7H2,(H,11,12)(H4,8,9,10);2*(H,6,7)/t4-;;/m0../s1. The van der Waals surface area contributed by atoms with Crippen molar-refractivity contribution in [1.29, 1.82) is 5.41 Å². The molecule has 0 unspecified atom stereocenters. The molecule has 0 saturated heterocycles. The lowest BCUT2D eigenvalue weighted by Gasteiger charge is -2.06. The van der Waals surface area contributed by atoms with E-state index < -0.39 is 36.3 Å². The van der Waals surface area contributed by atoms with Crippen molar-refractivity contribution in [1.82, 2.24) is 5.32 Å². The highest BCUT2D eigenvalue weighted by Crippen LogP contribution is 2.13. The molecule has 0 fully saturated rings. The summed E-state index contributed by atoms with van der Waals surface area (Å²) in [4.78, 5) is 28.0.